The summed E-state index contributed by atoms with van der Waals surface area (Å²) in [6.45, 7) is 8.16. The number of unbranched alkanes of at least 4 members (excludes halogenated alkanes) is 2. The first-order chi connectivity index (χ1) is 16.9. The van der Waals surface area contributed by atoms with Crippen molar-refractivity contribution in [2.45, 2.75) is 97.9 Å². The molecule has 0 aromatic rings. The van der Waals surface area contributed by atoms with Gasteiger partial charge in [-0.1, -0.05) is 26.7 Å². The highest BCUT2D eigenvalue weighted by atomic mass is 31.2. The van der Waals surface area contributed by atoms with Gasteiger partial charge in [-0.25, -0.2) is 4.57 Å². The largest absolute Gasteiger partial charge is 0.477 e. The third-order valence-electron chi connectivity index (χ3n) is 4.80. The summed E-state index contributed by atoms with van der Waals surface area (Å²) in [7, 11) is -4.23. The quantitative estimate of drug-likeness (QED) is 0.140. The minimum absolute atomic E-state index is 0.0672. The van der Waals surface area contributed by atoms with Gasteiger partial charge >= 0.3 is 25.7 Å². The number of ether oxygens (including phenoxy) is 4. The monoisotopic (exact) mass is 539 g/mol. The zero-order valence-electron chi connectivity index (χ0n) is 21.7. The van der Waals surface area contributed by atoms with Gasteiger partial charge in [0.05, 0.1) is 13.2 Å². The Bertz CT molecular complexity index is 777. The van der Waals surface area contributed by atoms with Crippen molar-refractivity contribution in [3.05, 3.63) is 0 Å². The lowest BCUT2D eigenvalue weighted by atomic mass is 9.96. The first-order valence-electron chi connectivity index (χ1n) is 11.9. The molecule has 13 nitrogen and oxygen atoms in total. The van der Waals surface area contributed by atoms with E-state index in [0.29, 0.717) is 12.8 Å². The van der Waals surface area contributed by atoms with Crippen LogP contribution in [-0.4, -0.2) is 74.3 Å². The molecular weight excluding hydrogens is 501 g/mol. The number of esters is 3. The van der Waals surface area contributed by atoms with Gasteiger partial charge in [0.1, 0.15) is 18.8 Å². The van der Waals surface area contributed by atoms with E-state index in [9.17, 15) is 23.7 Å². The molecule has 5 atom stereocenters. The molecule has 0 aliphatic carbocycles. The van der Waals surface area contributed by atoms with Crippen molar-refractivity contribution in [3.8, 4) is 0 Å². The summed E-state index contributed by atoms with van der Waals surface area (Å²) in [5.74, 6) is -2.72. The minimum atomic E-state index is -4.23. The van der Waals surface area contributed by atoms with E-state index in [-0.39, 0.29) is 13.2 Å². The van der Waals surface area contributed by atoms with Crippen molar-refractivity contribution in [3.63, 3.8) is 0 Å². The van der Waals surface area contributed by atoms with E-state index < -0.39 is 68.9 Å². The van der Waals surface area contributed by atoms with Crippen molar-refractivity contribution >= 4 is 31.6 Å². The number of hydrogen-bond donors (Lipinski definition) is 1. The molecular formula is C22H38NO12P. The molecule has 0 spiro atoms. The molecule has 1 aliphatic heterocycles. The van der Waals surface area contributed by atoms with Crippen LogP contribution in [-0.2, 0) is 56.3 Å². The topological polar surface area (TPSA) is 162 Å². The zero-order chi connectivity index (χ0) is 27.3. The molecule has 0 aromatic heterocycles. The third-order valence-corrected chi connectivity index (χ3v) is 6.26. The summed E-state index contributed by atoms with van der Waals surface area (Å²) in [6, 6.07) is -1.29. The summed E-state index contributed by atoms with van der Waals surface area (Å²) in [4.78, 5) is 47.2. The molecule has 1 N–H and O–H groups in total. The average Bonchev–Trinajstić information content (AvgIpc) is 2.76. The lowest BCUT2D eigenvalue weighted by Gasteiger charge is -2.45. The highest BCUT2D eigenvalue weighted by Crippen LogP contribution is 2.52. The van der Waals surface area contributed by atoms with E-state index in [1.807, 2.05) is 13.8 Å². The van der Waals surface area contributed by atoms with Crippen LogP contribution in [0.2, 0.25) is 0 Å². The fourth-order valence-electron chi connectivity index (χ4n) is 3.25. The van der Waals surface area contributed by atoms with Crippen molar-refractivity contribution in [1.29, 1.82) is 0 Å². The van der Waals surface area contributed by atoms with Crippen molar-refractivity contribution in [2.75, 3.05) is 19.8 Å². The van der Waals surface area contributed by atoms with Gasteiger partial charge in [-0.05, 0) is 12.8 Å². The molecule has 0 aromatic carbocycles. The Morgan fingerprint density at radius 3 is 1.81 bits per heavy atom. The number of carbonyl (C=O) groups excluding carboxylic acids is 4. The Balaban J connectivity index is 3.42. The number of hydrogen-bond acceptors (Lipinski definition) is 12. The van der Waals surface area contributed by atoms with E-state index in [0.717, 1.165) is 26.7 Å². The lowest BCUT2D eigenvalue weighted by molar-refractivity contribution is -0.260. The van der Waals surface area contributed by atoms with E-state index in [2.05, 4.69) is 5.32 Å². The Morgan fingerprint density at radius 2 is 1.36 bits per heavy atom. The molecule has 0 saturated carbocycles. The van der Waals surface area contributed by atoms with Crippen molar-refractivity contribution < 1.29 is 56.3 Å². The molecule has 2 unspecified atom stereocenters. The number of carbonyl (C=O) groups is 4. The van der Waals surface area contributed by atoms with Gasteiger partial charge in [0.25, 0.3) is 0 Å². The Labute approximate surface area is 211 Å². The van der Waals surface area contributed by atoms with Gasteiger partial charge in [0, 0.05) is 27.7 Å². The second-order valence-electron chi connectivity index (χ2n) is 8.15. The number of phosphoric ester groups is 1. The molecule has 1 heterocycles. The summed E-state index contributed by atoms with van der Waals surface area (Å²) in [5, 5.41) is 2.54. The van der Waals surface area contributed by atoms with Crippen LogP contribution in [0.1, 0.15) is 67.2 Å². The second-order valence-corrected chi connectivity index (χ2v) is 9.77. The molecule has 0 bridgehead atoms. The second kappa shape index (κ2) is 15.9. The lowest BCUT2D eigenvalue weighted by Crippen LogP contribution is -2.66. The molecule has 14 heteroatoms. The summed E-state index contributed by atoms with van der Waals surface area (Å²) in [5.41, 5.74) is 0. The minimum Gasteiger partial charge on any atom is -0.463 e. The Kier molecular flexibility index (Phi) is 14.2. The molecule has 36 heavy (non-hydrogen) atoms. The number of phosphoric acid groups is 1. The van der Waals surface area contributed by atoms with E-state index in [4.69, 9.17) is 32.5 Å². The van der Waals surface area contributed by atoms with Crippen LogP contribution in [0, 0.1) is 0 Å². The molecule has 1 saturated heterocycles. The smallest absolute Gasteiger partial charge is 0.463 e. The first-order valence-corrected chi connectivity index (χ1v) is 13.4. The number of amides is 1. The van der Waals surface area contributed by atoms with Crippen LogP contribution in [0.3, 0.4) is 0 Å². The molecule has 208 valence electrons. The van der Waals surface area contributed by atoms with Crippen molar-refractivity contribution in [1.82, 2.24) is 5.32 Å². The van der Waals surface area contributed by atoms with Gasteiger partial charge in [-0.3, -0.25) is 32.7 Å². The van der Waals surface area contributed by atoms with Gasteiger partial charge in [-0.2, -0.15) is 0 Å². The van der Waals surface area contributed by atoms with E-state index in [1.54, 1.807) is 0 Å². The highest BCUT2D eigenvalue weighted by molar-refractivity contribution is 7.48. The standard InChI is InChI=1S/C22H38NO12P/c1-7-9-11-30-36(28,31-12-10-8-2)35-22-19(23-14(3)24)21(33-17(6)27)20(32-16(5)26)18(34-22)13-29-15(4)25/h18-22H,7-13H2,1-6H3,(H,23,24)/t18?,19?,20-,21-,22-/m1/s1. The normalized spacial score (nSPS) is 24.0. The highest BCUT2D eigenvalue weighted by Gasteiger charge is 2.53. The van der Waals surface area contributed by atoms with E-state index in [1.165, 1.54) is 13.8 Å². The maximum absolute atomic E-state index is 13.5. The number of rotatable bonds is 15. The fourth-order valence-corrected chi connectivity index (χ4v) is 4.58. The number of nitrogens with one attached hydrogen (secondary N) is 1. The summed E-state index contributed by atoms with van der Waals surface area (Å²) < 4.78 is 51.7. The summed E-state index contributed by atoms with van der Waals surface area (Å²) in [6.07, 6.45) is -2.76. The summed E-state index contributed by atoms with van der Waals surface area (Å²) >= 11 is 0. The maximum atomic E-state index is 13.5. The molecule has 1 amide bonds. The van der Waals surface area contributed by atoms with Crippen LogP contribution in [0.15, 0.2) is 0 Å². The molecule has 1 rings (SSSR count). The third kappa shape index (κ3) is 11.3. The van der Waals surface area contributed by atoms with Gasteiger partial charge < -0.3 is 24.3 Å². The van der Waals surface area contributed by atoms with Crippen LogP contribution in [0.5, 0.6) is 0 Å². The van der Waals surface area contributed by atoms with Gasteiger partial charge in [0.2, 0.25) is 5.91 Å². The van der Waals surface area contributed by atoms with Crippen LogP contribution >= 0.6 is 7.82 Å². The Hall–Kier alpha value is -2.05. The Morgan fingerprint density at radius 1 is 0.833 bits per heavy atom. The molecule has 1 aliphatic rings. The maximum Gasteiger partial charge on any atom is 0.477 e. The van der Waals surface area contributed by atoms with E-state index >= 15 is 0 Å². The van der Waals surface area contributed by atoms with Crippen LogP contribution < -0.4 is 5.32 Å². The fraction of sp³-hybridized carbons (Fsp3) is 0.818. The zero-order valence-corrected chi connectivity index (χ0v) is 22.6. The predicted molar refractivity (Wildman–Crippen MR) is 124 cm³/mol. The van der Waals surface area contributed by atoms with Crippen LogP contribution in [0.4, 0.5) is 0 Å². The first kappa shape index (κ1) is 32.0. The van der Waals surface area contributed by atoms with Crippen LogP contribution in [0.25, 0.3) is 0 Å². The van der Waals surface area contributed by atoms with Crippen molar-refractivity contribution in [2.24, 2.45) is 0 Å². The predicted octanol–water partition coefficient (Wildman–Crippen LogP) is 2.40. The van der Waals surface area contributed by atoms with Gasteiger partial charge in [0.15, 0.2) is 18.5 Å². The molecule has 0 radical (unpaired) electrons. The SMILES string of the molecule is CCCCOP(=O)(OCCCC)O[C@H]1OC(COC(C)=O)[C@@H](OC(C)=O)[C@H](OC(C)=O)C1NC(C)=O. The average molecular weight is 540 g/mol. The molecule has 1 fully saturated rings. The van der Waals surface area contributed by atoms with Gasteiger partial charge in [-0.15, -0.1) is 0 Å².